The summed E-state index contributed by atoms with van der Waals surface area (Å²) in [5.41, 5.74) is 5.29. The third-order valence-corrected chi connectivity index (χ3v) is 4.00. The van der Waals surface area contributed by atoms with Crippen LogP contribution in [0.1, 0.15) is 41.3 Å². The average Bonchev–Trinajstić information content (AvgIpc) is 2.48. The van der Waals surface area contributed by atoms with Crippen molar-refractivity contribution in [3.8, 4) is 0 Å². The third kappa shape index (κ3) is 2.77. The van der Waals surface area contributed by atoms with Crippen LogP contribution in [0.2, 0.25) is 0 Å². The molecule has 0 aliphatic carbocycles. The number of rotatable bonds is 3. The Morgan fingerprint density at radius 3 is 2.65 bits per heavy atom. The lowest BCUT2D eigenvalue weighted by atomic mass is 9.97. The maximum atomic E-state index is 5.70. The maximum absolute atomic E-state index is 5.70. The van der Waals surface area contributed by atoms with Crippen molar-refractivity contribution < 1.29 is 4.74 Å². The molecule has 2 aromatic carbocycles. The van der Waals surface area contributed by atoms with Crippen molar-refractivity contribution in [1.82, 2.24) is 5.32 Å². The number of fused-ring (bicyclic) bond motifs is 1. The molecule has 104 valence electrons. The summed E-state index contributed by atoms with van der Waals surface area (Å²) in [7, 11) is 0. The highest BCUT2D eigenvalue weighted by Crippen LogP contribution is 2.27. The number of ether oxygens (including phenoxy) is 1. The van der Waals surface area contributed by atoms with Gasteiger partial charge in [-0.25, -0.2) is 0 Å². The zero-order valence-electron chi connectivity index (χ0n) is 12.1. The van der Waals surface area contributed by atoms with Crippen LogP contribution >= 0.6 is 0 Å². The van der Waals surface area contributed by atoms with Gasteiger partial charge < -0.3 is 10.1 Å². The molecule has 1 heterocycles. The van der Waals surface area contributed by atoms with Crippen molar-refractivity contribution >= 4 is 0 Å². The molecular formula is C18H21NO. The van der Waals surface area contributed by atoms with E-state index < -0.39 is 0 Å². The van der Waals surface area contributed by atoms with E-state index in [0.717, 1.165) is 13.2 Å². The lowest BCUT2D eigenvalue weighted by molar-refractivity contribution is 0.0791. The topological polar surface area (TPSA) is 21.3 Å². The summed E-state index contributed by atoms with van der Waals surface area (Å²) in [5.74, 6) is 0. The monoisotopic (exact) mass is 267 g/mol. The van der Waals surface area contributed by atoms with Gasteiger partial charge in [0.05, 0.1) is 19.3 Å². The lowest BCUT2D eigenvalue weighted by Gasteiger charge is -2.29. The Labute approximate surface area is 120 Å². The zero-order valence-corrected chi connectivity index (χ0v) is 12.1. The Morgan fingerprint density at radius 2 is 1.85 bits per heavy atom. The molecule has 2 nitrogen and oxygen atoms in total. The first-order chi connectivity index (χ1) is 9.74. The Balaban J connectivity index is 1.77. The van der Waals surface area contributed by atoms with E-state index in [2.05, 4.69) is 67.7 Å². The SMILES string of the molecule is Cc1ccc([C@@H](C)NC2COCc3ccccc32)cc1. The molecule has 2 heteroatoms. The number of hydrogen-bond donors (Lipinski definition) is 1. The van der Waals surface area contributed by atoms with Crippen LogP contribution in [0, 0.1) is 6.92 Å². The van der Waals surface area contributed by atoms with Crippen LogP contribution < -0.4 is 5.32 Å². The Hall–Kier alpha value is -1.64. The summed E-state index contributed by atoms with van der Waals surface area (Å²) in [6.07, 6.45) is 0. The molecule has 0 radical (unpaired) electrons. The van der Waals surface area contributed by atoms with Crippen molar-refractivity contribution in [2.75, 3.05) is 6.61 Å². The second kappa shape index (κ2) is 5.78. The molecule has 1 aliphatic rings. The van der Waals surface area contributed by atoms with E-state index in [9.17, 15) is 0 Å². The standard InChI is InChI=1S/C18H21NO/c1-13-7-9-15(10-8-13)14(2)19-18-12-20-11-16-5-3-4-6-17(16)18/h3-10,14,18-19H,11-12H2,1-2H3/t14-,18?/m1/s1. The Kier molecular flexibility index (Phi) is 3.86. The molecule has 0 bridgehead atoms. The number of nitrogens with one attached hydrogen (secondary N) is 1. The molecule has 0 saturated carbocycles. The molecule has 3 rings (SSSR count). The largest absolute Gasteiger partial charge is 0.375 e. The smallest absolute Gasteiger partial charge is 0.0721 e. The van der Waals surface area contributed by atoms with Gasteiger partial charge in [-0.05, 0) is 30.5 Å². The molecule has 1 aliphatic heterocycles. The van der Waals surface area contributed by atoms with Gasteiger partial charge in [0.25, 0.3) is 0 Å². The van der Waals surface area contributed by atoms with Gasteiger partial charge in [-0.2, -0.15) is 0 Å². The normalized spacial score (nSPS) is 19.4. The van der Waals surface area contributed by atoms with Crippen LogP contribution in [0.25, 0.3) is 0 Å². The summed E-state index contributed by atoms with van der Waals surface area (Å²) >= 11 is 0. The fraction of sp³-hybridized carbons (Fsp3) is 0.333. The van der Waals surface area contributed by atoms with E-state index in [0.29, 0.717) is 6.04 Å². The molecule has 0 spiro atoms. The molecule has 0 aromatic heterocycles. The molecule has 2 atom stereocenters. The minimum atomic E-state index is 0.274. The molecule has 2 aromatic rings. The summed E-state index contributed by atoms with van der Waals surface area (Å²) in [6, 6.07) is 17.9. The van der Waals surface area contributed by atoms with E-state index in [-0.39, 0.29) is 6.04 Å². The fourth-order valence-electron chi connectivity index (χ4n) is 2.77. The van der Waals surface area contributed by atoms with Gasteiger partial charge in [-0.1, -0.05) is 54.1 Å². The quantitative estimate of drug-likeness (QED) is 0.910. The second-order valence-corrected chi connectivity index (χ2v) is 5.57. The highest BCUT2D eigenvalue weighted by Gasteiger charge is 2.21. The second-order valence-electron chi connectivity index (χ2n) is 5.57. The molecule has 0 fully saturated rings. The Morgan fingerprint density at radius 1 is 1.10 bits per heavy atom. The predicted molar refractivity (Wildman–Crippen MR) is 81.6 cm³/mol. The molecule has 20 heavy (non-hydrogen) atoms. The fourth-order valence-corrected chi connectivity index (χ4v) is 2.77. The third-order valence-electron chi connectivity index (χ3n) is 4.00. The van der Waals surface area contributed by atoms with Gasteiger partial charge in [-0.15, -0.1) is 0 Å². The summed E-state index contributed by atoms with van der Waals surface area (Å²) in [5, 5.41) is 3.69. The number of aryl methyl sites for hydroxylation is 1. The highest BCUT2D eigenvalue weighted by atomic mass is 16.5. The van der Waals surface area contributed by atoms with Gasteiger partial charge in [0.2, 0.25) is 0 Å². The first-order valence-electron chi connectivity index (χ1n) is 7.22. The van der Waals surface area contributed by atoms with Crippen LogP contribution in [-0.4, -0.2) is 6.61 Å². The van der Waals surface area contributed by atoms with Crippen molar-refractivity contribution in [3.05, 3.63) is 70.8 Å². The van der Waals surface area contributed by atoms with Gasteiger partial charge >= 0.3 is 0 Å². The summed E-state index contributed by atoms with van der Waals surface area (Å²) in [4.78, 5) is 0. The minimum absolute atomic E-state index is 0.274. The van der Waals surface area contributed by atoms with Crippen molar-refractivity contribution in [1.29, 1.82) is 0 Å². The summed E-state index contributed by atoms with van der Waals surface area (Å²) in [6.45, 7) is 5.80. The maximum Gasteiger partial charge on any atom is 0.0721 e. The first kappa shape index (κ1) is 13.3. The molecule has 0 saturated heterocycles. The van der Waals surface area contributed by atoms with E-state index in [1.807, 2.05) is 0 Å². The van der Waals surface area contributed by atoms with Crippen LogP contribution in [0.15, 0.2) is 48.5 Å². The van der Waals surface area contributed by atoms with Crippen LogP contribution in [-0.2, 0) is 11.3 Å². The first-order valence-corrected chi connectivity index (χ1v) is 7.22. The van der Waals surface area contributed by atoms with Crippen molar-refractivity contribution in [2.24, 2.45) is 0 Å². The Bertz CT molecular complexity index is 576. The zero-order chi connectivity index (χ0) is 13.9. The van der Waals surface area contributed by atoms with Crippen molar-refractivity contribution in [3.63, 3.8) is 0 Å². The van der Waals surface area contributed by atoms with Gasteiger partial charge in [0, 0.05) is 6.04 Å². The van der Waals surface area contributed by atoms with E-state index in [4.69, 9.17) is 4.74 Å². The van der Waals surface area contributed by atoms with Crippen LogP contribution in [0.5, 0.6) is 0 Å². The molecule has 0 amide bonds. The van der Waals surface area contributed by atoms with Crippen molar-refractivity contribution in [2.45, 2.75) is 32.5 Å². The molecule has 1 N–H and O–H groups in total. The van der Waals surface area contributed by atoms with E-state index in [1.54, 1.807) is 0 Å². The van der Waals surface area contributed by atoms with Gasteiger partial charge in [0.15, 0.2) is 0 Å². The van der Waals surface area contributed by atoms with Crippen LogP contribution in [0.4, 0.5) is 0 Å². The molecular weight excluding hydrogens is 246 g/mol. The number of benzene rings is 2. The van der Waals surface area contributed by atoms with Gasteiger partial charge in [0.1, 0.15) is 0 Å². The van der Waals surface area contributed by atoms with Crippen LogP contribution in [0.3, 0.4) is 0 Å². The minimum Gasteiger partial charge on any atom is -0.375 e. The highest BCUT2D eigenvalue weighted by molar-refractivity contribution is 5.32. The van der Waals surface area contributed by atoms with E-state index in [1.165, 1.54) is 22.3 Å². The summed E-state index contributed by atoms with van der Waals surface area (Å²) < 4.78 is 5.70. The lowest BCUT2D eigenvalue weighted by Crippen LogP contribution is -2.31. The molecule has 1 unspecified atom stereocenters. The average molecular weight is 267 g/mol. The van der Waals surface area contributed by atoms with E-state index >= 15 is 0 Å². The predicted octanol–water partition coefficient (Wildman–Crippen LogP) is 3.92. The number of hydrogen-bond acceptors (Lipinski definition) is 2. The van der Waals surface area contributed by atoms with Gasteiger partial charge in [-0.3, -0.25) is 0 Å².